The van der Waals surface area contributed by atoms with Crippen LogP contribution in [0.5, 0.6) is 5.75 Å². The Hall–Kier alpha value is -2.82. The van der Waals surface area contributed by atoms with Gasteiger partial charge >= 0.3 is 0 Å². The highest BCUT2D eigenvalue weighted by Gasteiger charge is 2.39. The van der Waals surface area contributed by atoms with E-state index < -0.39 is 0 Å². The van der Waals surface area contributed by atoms with Gasteiger partial charge in [0.2, 0.25) is 0 Å². The number of phenols is 1. The van der Waals surface area contributed by atoms with Gasteiger partial charge in [0.15, 0.2) is 0 Å². The van der Waals surface area contributed by atoms with Gasteiger partial charge in [-0.2, -0.15) is 0 Å². The summed E-state index contributed by atoms with van der Waals surface area (Å²) in [6, 6.07) is 10.7. The number of rotatable bonds is 4. The molecule has 5 heteroatoms. The zero-order valence-corrected chi connectivity index (χ0v) is 13.6. The Morgan fingerprint density at radius 3 is 2.75 bits per heavy atom. The van der Waals surface area contributed by atoms with Crippen molar-refractivity contribution in [2.24, 2.45) is 5.92 Å². The predicted octanol–water partition coefficient (Wildman–Crippen LogP) is 2.80. The van der Waals surface area contributed by atoms with Crippen LogP contribution in [0.25, 0.3) is 0 Å². The molecule has 0 saturated carbocycles. The average Bonchev–Trinajstić information content (AvgIpc) is 3.06. The van der Waals surface area contributed by atoms with Crippen LogP contribution < -0.4 is 0 Å². The molecule has 0 spiro atoms. The van der Waals surface area contributed by atoms with Gasteiger partial charge in [-0.05, 0) is 23.8 Å². The Morgan fingerprint density at radius 1 is 1.29 bits per heavy atom. The molecule has 24 heavy (non-hydrogen) atoms. The highest BCUT2D eigenvalue weighted by atomic mass is 16.5. The summed E-state index contributed by atoms with van der Waals surface area (Å²) in [5, 5.41) is 10.2. The number of methoxy groups -OCH3 is 1. The van der Waals surface area contributed by atoms with Crippen LogP contribution in [-0.4, -0.2) is 41.1 Å². The van der Waals surface area contributed by atoms with Crippen molar-refractivity contribution in [3.05, 3.63) is 72.3 Å². The van der Waals surface area contributed by atoms with E-state index in [0.717, 1.165) is 5.56 Å². The number of para-hydroxylation sites is 1. The molecule has 1 N–H and O–H groups in total. The van der Waals surface area contributed by atoms with Crippen molar-refractivity contribution in [1.29, 1.82) is 0 Å². The second kappa shape index (κ2) is 6.74. The molecule has 1 fully saturated rings. The van der Waals surface area contributed by atoms with Gasteiger partial charge in [-0.3, -0.25) is 9.78 Å². The molecule has 2 aromatic rings. The number of ether oxygens (including phenoxy) is 1. The second-order valence-electron chi connectivity index (χ2n) is 5.89. The Bertz CT molecular complexity index is 745. The fraction of sp³-hybridized carbons (Fsp3) is 0.263. The number of benzene rings is 1. The zero-order valence-electron chi connectivity index (χ0n) is 13.6. The molecule has 1 aromatic heterocycles. The minimum absolute atomic E-state index is 0.0562. The van der Waals surface area contributed by atoms with Gasteiger partial charge in [0.05, 0.1) is 18.4 Å². The minimum Gasteiger partial charge on any atom is -0.508 e. The van der Waals surface area contributed by atoms with Crippen LogP contribution in [0.3, 0.4) is 0 Å². The number of carbonyl (C=O) groups is 1. The Balaban J connectivity index is 1.90. The maximum absolute atomic E-state index is 12.7. The number of amides is 1. The van der Waals surface area contributed by atoms with Crippen LogP contribution in [0, 0.1) is 5.92 Å². The van der Waals surface area contributed by atoms with Gasteiger partial charge < -0.3 is 14.7 Å². The Morgan fingerprint density at radius 2 is 2.08 bits per heavy atom. The van der Waals surface area contributed by atoms with Crippen molar-refractivity contribution < 1.29 is 14.6 Å². The number of aromatic hydroxyl groups is 1. The van der Waals surface area contributed by atoms with Crippen molar-refractivity contribution in [1.82, 2.24) is 9.88 Å². The summed E-state index contributed by atoms with van der Waals surface area (Å²) in [6.45, 7) is 4.97. The molecule has 1 aliphatic rings. The summed E-state index contributed by atoms with van der Waals surface area (Å²) in [5.74, 6) is 0.648. The number of phenolic OH excluding ortho intramolecular Hbond substituents is 1. The fourth-order valence-electron chi connectivity index (χ4n) is 3.24. The second-order valence-corrected chi connectivity index (χ2v) is 5.89. The summed E-state index contributed by atoms with van der Waals surface area (Å²) < 4.78 is 5.33. The number of nitrogens with zero attached hydrogens (tertiary/aromatic N) is 2. The van der Waals surface area contributed by atoms with Crippen LogP contribution in [0.1, 0.15) is 21.8 Å². The van der Waals surface area contributed by atoms with Crippen LogP contribution in [0.4, 0.5) is 0 Å². The molecule has 1 saturated heterocycles. The first-order valence-electron chi connectivity index (χ1n) is 7.81. The van der Waals surface area contributed by atoms with Crippen molar-refractivity contribution in [3.63, 3.8) is 0 Å². The van der Waals surface area contributed by atoms with Crippen LogP contribution in [0.15, 0.2) is 61.1 Å². The van der Waals surface area contributed by atoms with E-state index in [1.807, 2.05) is 12.1 Å². The van der Waals surface area contributed by atoms with Crippen molar-refractivity contribution in [2.75, 3.05) is 20.2 Å². The smallest absolute Gasteiger partial charge is 0.255 e. The molecule has 2 atom stereocenters. The molecule has 0 radical (unpaired) electrons. The summed E-state index contributed by atoms with van der Waals surface area (Å²) in [4.78, 5) is 18.5. The Kier molecular flexibility index (Phi) is 4.51. The number of pyridine rings is 1. The third kappa shape index (κ3) is 2.97. The maximum Gasteiger partial charge on any atom is 0.255 e. The van der Waals surface area contributed by atoms with E-state index in [9.17, 15) is 9.90 Å². The minimum atomic E-state index is -0.0741. The standard InChI is InChI=1S/C19H20N2O3/c1-13(24-2)16-11-21(19(23)14-6-5-9-20-10-14)12-17(16)15-7-3-4-8-18(15)22/h3-10,16-17,22H,1,11-12H2,2H3/t16-,17+/m1/s1. The lowest BCUT2D eigenvalue weighted by Gasteiger charge is -2.20. The van der Waals surface area contributed by atoms with E-state index in [1.54, 1.807) is 48.7 Å². The van der Waals surface area contributed by atoms with Crippen molar-refractivity contribution in [3.8, 4) is 5.75 Å². The lowest BCUT2D eigenvalue weighted by molar-refractivity contribution is 0.0784. The van der Waals surface area contributed by atoms with Gasteiger partial charge in [0.25, 0.3) is 5.91 Å². The number of hydrogen-bond donors (Lipinski definition) is 1. The monoisotopic (exact) mass is 324 g/mol. The van der Waals surface area contributed by atoms with Crippen LogP contribution >= 0.6 is 0 Å². The molecule has 1 amide bonds. The first kappa shape index (κ1) is 16.1. The summed E-state index contributed by atoms with van der Waals surface area (Å²) in [5.41, 5.74) is 1.36. The lowest BCUT2D eigenvalue weighted by atomic mass is 9.87. The SMILES string of the molecule is C=C(OC)[C@H]1CN(C(=O)c2cccnc2)C[C@H]1c1ccccc1O. The molecule has 0 bridgehead atoms. The number of carbonyl (C=O) groups excluding carboxylic acids is 1. The van der Waals surface area contributed by atoms with Crippen LogP contribution in [0.2, 0.25) is 0 Å². The average molecular weight is 324 g/mol. The van der Waals surface area contributed by atoms with Gasteiger partial charge in [-0.25, -0.2) is 0 Å². The van der Waals surface area contributed by atoms with E-state index >= 15 is 0 Å². The van der Waals surface area contributed by atoms with Gasteiger partial charge in [-0.1, -0.05) is 24.8 Å². The topological polar surface area (TPSA) is 62.7 Å². The normalized spacial score (nSPS) is 20.0. The first-order valence-corrected chi connectivity index (χ1v) is 7.81. The highest BCUT2D eigenvalue weighted by molar-refractivity contribution is 5.94. The van der Waals surface area contributed by atoms with Gasteiger partial charge in [0.1, 0.15) is 5.75 Å². The maximum atomic E-state index is 12.7. The third-order valence-electron chi connectivity index (χ3n) is 4.53. The predicted molar refractivity (Wildman–Crippen MR) is 90.6 cm³/mol. The van der Waals surface area contributed by atoms with E-state index in [-0.39, 0.29) is 23.5 Å². The fourth-order valence-corrected chi connectivity index (χ4v) is 3.24. The molecule has 0 unspecified atom stereocenters. The lowest BCUT2D eigenvalue weighted by Crippen LogP contribution is -2.29. The number of hydrogen-bond acceptors (Lipinski definition) is 4. The van der Waals surface area contributed by atoms with Gasteiger partial charge in [-0.15, -0.1) is 0 Å². The van der Waals surface area contributed by atoms with Crippen molar-refractivity contribution in [2.45, 2.75) is 5.92 Å². The molecule has 3 rings (SSSR count). The van der Waals surface area contributed by atoms with E-state index in [0.29, 0.717) is 24.4 Å². The Labute approximate surface area is 141 Å². The largest absolute Gasteiger partial charge is 0.508 e. The summed E-state index contributed by atoms with van der Waals surface area (Å²) in [6.07, 6.45) is 3.21. The third-order valence-corrected chi connectivity index (χ3v) is 4.53. The van der Waals surface area contributed by atoms with E-state index in [4.69, 9.17) is 4.74 Å². The number of likely N-dealkylation sites (tertiary alicyclic amines) is 1. The van der Waals surface area contributed by atoms with E-state index in [2.05, 4.69) is 11.6 Å². The molecule has 124 valence electrons. The molecule has 1 aromatic carbocycles. The molecule has 5 nitrogen and oxygen atoms in total. The molecule has 2 heterocycles. The molecule has 1 aliphatic heterocycles. The molecule has 0 aliphatic carbocycles. The quantitative estimate of drug-likeness (QED) is 0.879. The summed E-state index contributed by atoms with van der Waals surface area (Å²) >= 11 is 0. The van der Waals surface area contributed by atoms with Gasteiger partial charge in [0, 0.05) is 37.3 Å². The van der Waals surface area contributed by atoms with Crippen molar-refractivity contribution >= 4 is 5.91 Å². The highest BCUT2D eigenvalue weighted by Crippen LogP contribution is 2.40. The van der Waals surface area contributed by atoms with Crippen LogP contribution in [-0.2, 0) is 4.74 Å². The summed E-state index contributed by atoms with van der Waals surface area (Å²) in [7, 11) is 1.58. The molecular formula is C19H20N2O3. The van der Waals surface area contributed by atoms with E-state index in [1.165, 1.54) is 0 Å². The first-order chi connectivity index (χ1) is 11.6. The molecular weight excluding hydrogens is 304 g/mol. The number of aromatic nitrogens is 1. The zero-order chi connectivity index (χ0) is 17.1.